The zero-order valence-electron chi connectivity index (χ0n) is 7.36. The lowest BCUT2D eigenvalue weighted by atomic mass is 10.1. The quantitative estimate of drug-likeness (QED) is 0.454. The normalized spacial score (nSPS) is 11.9. The molecule has 0 saturated heterocycles. The van der Waals surface area contributed by atoms with E-state index in [1.165, 1.54) is 0 Å². The van der Waals surface area contributed by atoms with Crippen LogP contribution in [0.2, 0.25) is 0 Å². The van der Waals surface area contributed by atoms with E-state index in [0.29, 0.717) is 0 Å². The van der Waals surface area contributed by atoms with Gasteiger partial charge in [-0.1, -0.05) is 0 Å². The maximum atomic E-state index is 12.7. The summed E-state index contributed by atoms with van der Waals surface area (Å²) < 4.78 is 74.1. The zero-order valence-corrected chi connectivity index (χ0v) is 7.36. The Balaban J connectivity index is 3.58. The van der Waals surface area contributed by atoms with E-state index in [0.717, 1.165) is 0 Å². The predicted molar refractivity (Wildman–Crippen MR) is 39.5 cm³/mol. The molecule has 1 aromatic rings. The van der Waals surface area contributed by atoms with E-state index in [1.54, 1.807) is 0 Å². The van der Waals surface area contributed by atoms with Gasteiger partial charge in [-0.3, -0.25) is 4.79 Å². The molecule has 0 spiro atoms. The first-order valence-corrected chi connectivity index (χ1v) is 3.78. The molecule has 0 atom stereocenters. The lowest BCUT2D eigenvalue weighted by Crippen LogP contribution is -2.14. The number of hydrogen-bond donors (Lipinski definition) is 0. The van der Waals surface area contributed by atoms with Crippen molar-refractivity contribution in [3.8, 4) is 0 Å². The number of halogens is 6. The van der Waals surface area contributed by atoms with Crippen molar-refractivity contribution in [1.82, 2.24) is 4.98 Å². The summed E-state index contributed by atoms with van der Waals surface area (Å²) in [6.45, 7) is 0. The van der Waals surface area contributed by atoms with Crippen LogP contribution in [0.25, 0.3) is 0 Å². The monoisotopic (exact) mass is 243 g/mol. The first kappa shape index (κ1) is 12.5. The maximum Gasteiger partial charge on any atom is 0.418 e. The minimum Gasteiger partial charge on any atom is -0.298 e. The summed E-state index contributed by atoms with van der Waals surface area (Å²) in [5.41, 5.74) is -4.87. The summed E-state index contributed by atoms with van der Waals surface area (Å²) in [6.07, 6.45) is -9.22. The van der Waals surface area contributed by atoms with E-state index in [-0.39, 0.29) is 6.20 Å². The fourth-order valence-corrected chi connectivity index (χ4v) is 1.09. The van der Waals surface area contributed by atoms with Gasteiger partial charge in [0.15, 0.2) is 6.29 Å². The summed E-state index contributed by atoms with van der Waals surface area (Å²) in [5.74, 6) is -1.65. The van der Waals surface area contributed by atoms with Gasteiger partial charge in [0.1, 0.15) is 0 Å². The van der Waals surface area contributed by atoms with Gasteiger partial charge in [0.05, 0.1) is 11.1 Å². The van der Waals surface area contributed by atoms with Gasteiger partial charge in [0.2, 0.25) is 5.95 Å². The molecule has 1 rings (SSSR count). The molecule has 2 nitrogen and oxygen atoms in total. The SMILES string of the molecule is O=Cc1c(F)ncc(C(F)(F)F)c1C(F)F. The molecule has 0 fully saturated rings. The smallest absolute Gasteiger partial charge is 0.298 e. The molecule has 0 aliphatic rings. The second-order valence-electron chi connectivity index (χ2n) is 2.71. The van der Waals surface area contributed by atoms with Gasteiger partial charge in [0.25, 0.3) is 6.43 Å². The molecule has 1 aromatic heterocycles. The van der Waals surface area contributed by atoms with Gasteiger partial charge in [-0.25, -0.2) is 13.8 Å². The molecule has 0 radical (unpaired) electrons. The molecule has 8 heteroatoms. The second kappa shape index (κ2) is 4.11. The first-order chi connectivity index (χ1) is 7.29. The fraction of sp³-hybridized carbons (Fsp3) is 0.250. The zero-order chi connectivity index (χ0) is 12.5. The lowest BCUT2D eigenvalue weighted by Gasteiger charge is -2.13. The lowest BCUT2D eigenvalue weighted by molar-refractivity contribution is -0.139. The average molecular weight is 243 g/mol. The van der Waals surface area contributed by atoms with Gasteiger partial charge in [0, 0.05) is 11.8 Å². The Bertz CT molecular complexity index is 414. The van der Waals surface area contributed by atoms with Crippen molar-refractivity contribution in [2.45, 2.75) is 12.6 Å². The minimum atomic E-state index is -5.12. The molecule has 0 amide bonds. The fourth-order valence-electron chi connectivity index (χ4n) is 1.09. The highest BCUT2D eigenvalue weighted by Gasteiger charge is 2.38. The first-order valence-electron chi connectivity index (χ1n) is 3.78. The summed E-state index contributed by atoms with van der Waals surface area (Å²) in [4.78, 5) is 12.9. The Labute approximate surface area is 84.9 Å². The van der Waals surface area contributed by atoms with E-state index < -0.39 is 41.5 Å². The number of aromatic nitrogens is 1. The molecule has 1 heterocycles. The van der Waals surface area contributed by atoms with E-state index in [2.05, 4.69) is 4.98 Å². The molecule has 0 aromatic carbocycles. The van der Waals surface area contributed by atoms with E-state index in [1.807, 2.05) is 0 Å². The van der Waals surface area contributed by atoms with Crippen molar-refractivity contribution in [3.63, 3.8) is 0 Å². The Morgan fingerprint density at radius 3 is 2.25 bits per heavy atom. The van der Waals surface area contributed by atoms with Crippen LogP contribution in [0.4, 0.5) is 26.3 Å². The van der Waals surface area contributed by atoms with Crippen LogP contribution in [0.3, 0.4) is 0 Å². The van der Waals surface area contributed by atoms with Crippen molar-refractivity contribution >= 4 is 6.29 Å². The molecule has 88 valence electrons. The van der Waals surface area contributed by atoms with Gasteiger partial charge in [-0.15, -0.1) is 0 Å². The van der Waals surface area contributed by atoms with Gasteiger partial charge in [-0.2, -0.15) is 17.6 Å². The highest BCUT2D eigenvalue weighted by atomic mass is 19.4. The molecule has 0 aliphatic heterocycles. The van der Waals surface area contributed by atoms with Gasteiger partial charge >= 0.3 is 6.18 Å². The number of pyridine rings is 1. The summed E-state index contributed by atoms with van der Waals surface area (Å²) in [5, 5.41) is 0. The molecule has 0 aliphatic carbocycles. The topological polar surface area (TPSA) is 30.0 Å². The van der Waals surface area contributed by atoms with Crippen molar-refractivity contribution in [2.24, 2.45) is 0 Å². The predicted octanol–water partition coefficient (Wildman–Crippen LogP) is 2.99. The van der Waals surface area contributed by atoms with Crippen LogP contribution >= 0.6 is 0 Å². The third-order valence-electron chi connectivity index (χ3n) is 1.75. The molecular formula is C8H3F6NO. The van der Waals surface area contributed by atoms with Crippen LogP contribution in [0.1, 0.15) is 27.9 Å². The molecule has 0 unspecified atom stereocenters. The van der Waals surface area contributed by atoms with E-state index >= 15 is 0 Å². The maximum absolute atomic E-state index is 12.7. The minimum absolute atomic E-state index is 0.0656. The van der Waals surface area contributed by atoms with Crippen LogP contribution < -0.4 is 0 Å². The van der Waals surface area contributed by atoms with Gasteiger partial charge < -0.3 is 0 Å². The number of hydrogen-bond acceptors (Lipinski definition) is 2. The van der Waals surface area contributed by atoms with Crippen molar-refractivity contribution in [2.75, 3.05) is 0 Å². The highest BCUT2D eigenvalue weighted by molar-refractivity contribution is 5.78. The van der Waals surface area contributed by atoms with E-state index in [9.17, 15) is 31.1 Å². The number of carbonyl (C=O) groups excluding carboxylic acids is 1. The highest BCUT2D eigenvalue weighted by Crippen LogP contribution is 2.37. The van der Waals surface area contributed by atoms with Crippen molar-refractivity contribution < 1.29 is 31.1 Å². The van der Waals surface area contributed by atoms with Crippen LogP contribution in [0.15, 0.2) is 6.20 Å². The van der Waals surface area contributed by atoms with Crippen LogP contribution in [-0.4, -0.2) is 11.3 Å². The Morgan fingerprint density at radius 1 is 1.31 bits per heavy atom. The number of carbonyl (C=O) groups is 1. The number of rotatable bonds is 2. The molecule has 0 N–H and O–H groups in total. The average Bonchev–Trinajstić information content (AvgIpc) is 2.14. The summed E-state index contributed by atoms with van der Waals surface area (Å²) in [6, 6.07) is 0. The number of nitrogens with zero attached hydrogens (tertiary/aromatic N) is 1. The largest absolute Gasteiger partial charge is 0.418 e. The Morgan fingerprint density at radius 2 is 1.88 bits per heavy atom. The standard InChI is InChI=1S/C8H3F6NO/c9-6(10)5-3(2-16)7(11)15-1-4(5)8(12,13)14/h1-2,6H. The molecule has 0 saturated carbocycles. The molecule has 0 bridgehead atoms. The van der Waals surface area contributed by atoms with Crippen LogP contribution in [-0.2, 0) is 6.18 Å². The van der Waals surface area contributed by atoms with Crippen LogP contribution in [0, 0.1) is 5.95 Å². The van der Waals surface area contributed by atoms with E-state index in [4.69, 9.17) is 0 Å². The van der Waals surface area contributed by atoms with Crippen molar-refractivity contribution in [3.05, 3.63) is 28.8 Å². The molecular weight excluding hydrogens is 240 g/mol. The summed E-state index contributed by atoms with van der Waals surface area (Å²) >= 11 is 0. The molecule has 16 heavy (non-hydrogen) atoms. The van der Waals surface area contributed by atoms with Gasteiger partial charge in [-0.05, 0) is 0 Å². The number of alkyl halides is 5. The third kappa shape index (κ3) is 2.15. The second-order valence-corrected chi connectivity index (χ2v) is 2.71. The Hall–Kier alpha value is -1.60. The summed E-state index contributed by atoms with van der Waals surface area (Å²) in [7, 11) is 0. The Kier molecular flexibility index (Phi) is 3.20. The number of aldehydes is 1. The van der Waals surface area contributed by atoms with Crippen molar-refractivity contribution in [1.29, 1.82) is 0 Å². The van der Waals surface area contributed by atoms with Crippen LogP contribution in [0.5, 0.6) is 0 Å². The third-order valence-corrected chi connectivity index (χ3v) is 1.75.